The Morgan fingerprint density at radius 2 is 1.84 bits per heavy atom. The second-order valence-corrected chi connectivity index (χ2v) is 7.48. The first kappa shape index (κ1) is 18.2. The van der Waals surface area contributed by atoms with E-state index in [2.05, 4.69) is 5.32 Å². The van der Waals surface area contributed by atoms with Gasteiger partial charge in [0.05, 0.1) is 21.5 Å². The molecule has 2 aromatic rings. The van der Waals surface area contributed by atoms with Crippen LogP contribution in [0.1, 0.15) is 9.67 Å². The lowest BCUT2D eigenvalue weighted by Crippen LogP contribution is -2.50. The Kier molecular flexibility index (Phi) is 5.96. The molecule has 8 heteroatoms. The fourth-order valence-corrected chi connectivity index (χ4v) is 3.63. The van der Waals surface area contributed by atoms with E-state index in [1.807, 2.05) is 27.3 Å². The van der Waals surface area contributed by atoms with Crippen molar-refractivity contribution in [2.45, 2.75) is 0 Å². The molecule has 0 spiro atoms. The summed E-state index contributed by atoms with van der Waals surface area (Å²) in [5.74, 6) is -0.0497. The van der Waals surface area contributed by atoms with Crippen LogP contribution in [0, 0.1) is 0 Å². The highest BCUT2D eigenvalue weighted by molar-refractivity contribution is 7.12. The minimum absolute atomic E-state index is 0.0647. The van der Waals surface area contributed by atoms with E-state index in [0.717, 1.165) is 4.88 Å². The third kappa shape index (κ3) is 4.73. The quantitative estimate of drug-likeness (QED) is 0.859. The van der Waals surface area contributed by atoms with Crippen LogP contribution in [0.25, 0.3) is 0 Å². The van der Waals surface area contributed by atoms with Gasteiger partial charge in [0.2, 0.25) is 5.91 Å². The van der Waals surface area contributed by atoms with Gasteiger partial charge in [-0.25, -0.2) is 0 Å². The van der Waals surface area contributed by atoms with E-state index in [9.17, 15) is 9.59 Å². The molecule has 0 unspecified atom stereocenters. The molecule has 0 radical (unpaired) electrons. The number of amides is 2. The molecule has 5 nitrogen and oxygen atoms in total. The first-order chi connectivity index (χ1) is 12.0. The molecule has 0 saturated carbocycles. The summed E-state index contributed by atoms with van der Waals surface area (Å²) >= 11 is 13.3. The van der Waals surface area contributed by atoms with Crippen molar-refractivity contribution in [3.8, 4) is 0 Å². The van der Waals surface area contributed by atoms with Gasteiger partial charge >= 0.3 is 0 Å². The van der Waals surface area contributed by atoms with Crippen LogP contribution >= 0.6 is 34.5 Å². The number of benzene rings is 1. The van der Waals surface area contributed by atoms with Gasteiger partial charge in [-0.1, -0.05) is 29.3 Å². The second kappa shape index (κ2) is 8.19. The Hall–Kier alpha value is -1.60. The standard InChI is InChI=1S/C17H17Cl2N3O2S/c18-13-4-3-12(10-14(13)19)20-16(23)11-21-5-7-22(8-6-21)17(24)15-2-1-9-25-15/h1-4,9-10H,5-8,11H2,(H,20,23). The van der Waals surface area contributed by atoms with Crippen LogP contribution in [0.2, 0.25) is 10.0 Å². The third-order valence-electron chi connectivity index (χ3n) is 3.96. The minimum atomic E-state index is -0.114. The molecular formula is C17H17Cl2N3O2S. The molecule has 3 rings (SSSR count). The number of halogens is 2. The van der Waals surface area contributed by atoms with Crippen molar-refractivity contribution in [3.63, 3.8) is 0 Å². The van der Waals surface area contributed by atoms with Gasteiger partial charge < -0.3 is 10.2 Å². The highest BCUT2D eigenvalue weighted by Crippen LogP contribution is 2.25. The van der Waals surface area contributed by atoms with Gasteiger partial charge in [-0.15, -0.1) is 11.3 Å². The number of carbonyl (C=O) groups excluding carboxylic acids is 2. The summed E-state index contributed by atoms with van der Waals surface area (Å²) in [4.78, 5) is 29.1. The second-order valence-electron chi connectivity index (χ2n) is 5.72. The zero-order chi connectivity index (χ0) is 17.8. The van der Waals surface area contributed by atoms with Crippen molar-refractivity contribution in [2.24, 2.45) is 0 Å². The van der Waals surface area contributed by atoms with E-state index in [1.165, 1.54) is 11.3 Å². The van der Waals surface area contributed by atoms with Gasteiger partial charge in [-0.05, 0) is 29.6 Å². The van der Waals surface area contributed by atoms with E-state index in [1.54, 1.807) is 18.2 Å². The smallest absolute Gasteiger partial charge is 0.264 e. The van der Waals surface area contributed by atoms with Gasteiger partial charge in [0.15, 0.2) is 0 Å². The van der Waals surface area contributed by atoms with Crippen LogP contribution in [0.3, 0.4) is 0 Å². The number of rotatable bonds is 4. The molecule has 1 aromatic heterocycles. The lowest BCUT2D eigenvalue weighted by atomic mass is 10.2. The molecule has 2 amide bonds. The first-order valence-corrected chi connectivity index (χ1v) is 9.46. The van der Waals surface area contributed by atoms with Crippen molar-refractivity contribution >= 4 is 52.0 Å². The topological polar surface area (TPSA) is 52.7 Å². The first-order valence-electron chi connectivity index (χ1n) is 7.83. The van der Waals surface area contributed by atoms with Crippen LogP contribution < -0.4 is 5.32 Å². The lowest BCUT2D eigenvalue weighted by Gasteiger charge is -2.34. The molecule has 2 heterocycles. The Morgan fingerprint density at radius 1 is 1.08 bits per heavy atom. The SMILES string of the molecule is O=C(CN1CCN(C(=O)c2cccs2)CC1)Nc1ccc(Cl)c(Cl)c1. The fourth-order valence-electron chi connectivity index (χ4n) is 2.64. The Bertz CT molecular complexity index is 759. The molecule has 1 aliphatic heterocycles. The molecule has 0 aliphatic carbocycles. The van der Waals surface area contributed by atoms with E-state index in [-0.39, 0.29) is 18.4 Å². The molecule has 1 aromatic carbocycles. The lowest BCUT2D eigenvalue weighted by molar-refractivity contribution is -0.117. The summed E-state index contributed by atoms with van der Waals surface area (Å²) in [5.41, 5.74) is 0.617. The van der Waals surface area contributed by atoms with Crippen molar-refractivity contribution in [3.05, 3.63) is 50.6 Å². The normalized spacial score (nSPS) is 15.2. The Labute approximate surface area is 160 Å². The van der Waals surface area contributed by atoms with Gasteiger partial charge in [-0.2, -0.15) is 0 Å². The highest BCUT2D eigenvalue weighted by atomic mass is 35.5. The average Bonchev–Trinajstić information content (AvgIpc) is 3.13. The Morgan fingerprint density at radius 3 is 2.48 bits per heavy atom. The number of anilines is 1. The van der Waals surface area contributed by atoms with Crippen LogP contribution in [0.5, 0.6) is 0 Å². The van der Waals surface area contributed by atoms with Gasteiger partial charge in [0.1, 0.15) is 0 Å². The van der Waals surface area contributed by atoms with E-state index >= 15 is 0 Å². The molecule has 1 fully saturated rings. The molecule has 0 bridgehead atoms. The van der Waals surface area contributed by atoms with E-state index in [0.29, 0.717) is 41.9 Å². The predicted molar refractivity (Wildman–Crippen MR) is 102 cm³/mol. The molecule has 25 heavy (non-hydrogen) atoms. The van der Waals surface area contributed by atoms with Gasteiger partial charge in [0, 0.05) is 31.9 Å². The minimum Gasteiger partial charge on any atom is -0.335 e. The zero-order valence-corrected chi connectivity index (χ0v) is 15.7. The molecule has 1 saturated heterocycles. The van der Waals surface area contributed by atoms with Crippen molar-refractivity contribution in [1.82, 2.24) is 9.80 Å². The summed E-state index contributed by atoms with van der Waals surface area (Å²) in [7, 11) is 0. The maximum absolute atomic E-state index is 12.3. The number of nitrogens with zero attached hydrogens (tertiary/aromatic N) is 2. The number of carbonyl (C=O) groups is 2. The number of thiophene rings is 1. The molecule has 1 aliphatic rings. The summed E-state index contributed by atoms with van der Waals surface area (Å²) in [6, 6.07) is 8.70. The maximum atomic E-state index is 12.3. The van der Waals surface area contributed by atoms with Crippen molar-refractivity contribution in [2.75, 3.05) is 38.0 Å². The molecule has 0 atom stereocenters. The van der Waals surface area contributed by atoms with Crippen molar-refractivity contribution in [1.29, 1.82) is 0 Å². The summed E-state index contributed by atoms with van der Waals surface area (Å²) in [6.45, 7) is 2.87. The van der Waals surface area contributed by atoms with E-state index in [4.69, 9.17) is 23.2 Å². The third-order valence-corrected chi connectivity index (χ3v) is 5.56. The predicted octanol–water partition coefficient (Wildman–Crippen LogP) is 3.45. The van der Waals surface area contributed by atoms with Crippen LogP contribution in [0.15, 0.2) is 35.7 Å². The van der Waals surface area contributed by atoms with Crippen LogP contribution in [0.4, 0.5) is 5.69 Å². The highest BCUT2D eigenvalue weighted by Gasteiger charge is 2.23. The zero-order valence-electron chi connectivity index (χ0n) is 13.4. The molecule has 1 N–H and O–H groups in total. The van der Waals surface area contributed by atoms with Gasteiger partial charge in [-0.3, -0.25) is 14.5 Å². The maximum Gasteiger partial charge on any atom is 0.264 e. The number of hydrogen-bond acceptors (Lipinski definition) is 4. The van der Waals surface area contributed by atoms with Crippen LogP contribution in [-0.2, 0) is 4.79 Å². The Balaban J connectivity index is 1.47. The molecule has 132 valence electrons. The number of hydrogen-bond donors (Lipinski definition) is 1. The number of piperazine rings is 1. The number of nitrogens with one attached hydrogen (secondary N) is 1. The van der Waals surface area contributed by atoms with Gasteiger partial charge in [0.25, 0.3) is 5.91 Å². The summed E-state index contributed by atoms with van der Waals surface area (Å²) in [6.07, 6.45) is 0. The van der Waals surface area contributed by atoms with Crippen LogP contribution in [-0.4, -0.2) is 54.3 Å². The molecular weight excluding hydrogens is 381 g/mol. The summed E-state index contributed by atoms with van der Waals surface area (Å²) < 4.78 is 0. The van der Waals surface area contributed by atoms with Crippen molar-refractivity contribution < 1.29 is 9.59 Å². The largest absolute Gasteiger partial charge is 0.335 e. The summed E-state index contributed by atoms with van der Waals surface area (Å²) in [5, 5.41) is 5.56. The average molecular weight is 398 g/mol. The van der Waals surface area contributed by atoms with E-state index < -0.39 is 0 Å². The monoisotopic (exact) mass is 397 g/mol. The fraction of sp³-hybridized carbons (Fsp3) is 0.294.